The van der Waals surface area contributed by atoms with Gasteiger partial charge in [0.25, 0.3) is 0 Å². The number of aryl methyl sites for hydroxylation is 1. The molecule has 26 heavy (non-hydrogen) atoms. The molecule has 0 spiro atoms. The average molecular weight is 354 g/mol. The third-order valence-corrected chi connectivity index (χ3v) is 4.41. The van der Waals surface area contributed by atoms with E-state index >= 15 is 0 Å². The van der Waals surface area contributed by atoms with E-state index in [-0.39, 0.29) is 16.9 Å². The van der Waals surface area contributed by atoms with Gasteiger partial charge < -0.3 is 19.4 Å². The van der Waals surface area contributed by atoms with Crippen molar-refractivity contribution in [2.45, 2.75) is 26.7 Å². The minimum atomic E-state index is -0.181. The Bertz CT molecular complexity index is 1000. The summed E-state index contributed by atoms with van der Waals surface area (Å²) in [6.45, 7) is 4.21. The fraction of sp³-hybridized carbons (Fsp3) is 0.286. The first-order valence-electron chi connectivity index (χ1n) is 8.56. The van der Waals surface area contributed by atoms with Gasteiger partial charge >= 0.3 is 0 Å². The number of benzene rings is 2. The number of phenolic OH excluding ortho intramolecular Hbond substituents is 2. The van der Waals surface area contributed by atoms with E-state index in [9.17, 15) is 15.0 Å². The monoisotopic (exact) mass is 354 g/mol. The topological polar surface area (TPSA) is 79.9 Å². The molecule has 0 saturated carbocycles. The predicted molar refractivity (Wildman–Crippen MR) is 101 cm³/mol. The van der Waals surface area contributed by atoms with Crippen LogP contribution in [0.25, 0.3) is 22.3 Å². The Balaban J connectivity index is 2.19. The van der Waals surface area contributed by atoms with Crippen molar-refractivity contribution in [3.05, 3.63) is 52.2 Å². The van der Waals surface area contributed by atoms with Crippen LogP contribution in [0, 0.1) is 5.92 Å². The van der Waals surface area contributed by atoms with Gasteiger partial charge in [-0.25, -0.2) is 0 Å². The standard InChI is InChI=1S/C21H22O5/c1-12(2)4-6-14-16(22)9-7-15-18(24)11-19(26-21(14)15)13-5-8-17(23)20(10-13)25-3/h5,7-12,22-23H,4,6H2,1-3H3. The Labute approximate surface area is 151 Å². The molecular formula is C21H22O5. The van der Waals surface area contributed by atoms with Crippen LogP contribution in [0.5, 0.6) is 17.2 Å². The van der Waals surface area contributed by atoms with Gasteiger partial charge in [-0.15, -0.1) is 0 Å². The molecule has 0 atom stereocenters. The smallest absolute Gasteiger partial charge is 0.193 e. The second-order valence-electron chi connectivity index (χ2n) is 6.73. The molecule has 0 radical (unpaired) electrons. The summed E-state index contributed by atoms with van der Waals surface area (Å²) in [5, 5.41) is 20.5. The lowest BCUT2D eigenvalue weighted by atomic mass is 9.99. The molecule has 0 aliphatic carbocycles. The maximum Gasteiger partial charge on any atom is 0.193 e. The summed E-state index contributed by atoms with van der Waals surface area (Å²) in [4.78, 5) is 12.6. The summed E-state index contributed by atoms with van der Waals surface area (Å²) >= 11 is 0. The summed E-state index contributed by atoms with van der Waals surface area (Å²) < 4.78 is 11.1. The maximum atomic E-state index is 12.6. The first-order valence-corrected chi connectivity index (χ1v) is 8.56. The van der Waals surface area contributed by atoms with Gasteiger partial charge in [0.05, 0.1) is 12.5 Å². The quantitative estimate of drug-likeness (QED) is 0.707. The molecule has 0 saturated heterocycles. The van der Waals surface area contributed by atoms with Gasteiger partial charge in [0, 0.05) is 17.2 Å². The van der Waals surface area contributed by atoms with Crippen LogP contribution in [-0.2, 0) is 6.42 Å². The lowest BCUT2D eigenvalue weighted by Crippen LogP contribution is -2.03. The lowest BCUT2D eigenvalue weighted by Gasteiger charge is -2.11. The molecule has 5 nitrogen and oxygen atoms in total. The Morgan fingerprint density at radius 2 is 1.81 bits per heavy atom. The predicted octanol–water partition coefficient (Wildman–Crippen LogP) is 4.47. The molecule has 3 rings (SSSR count). The fourth-order valence-corrected chi connectivity index (χ4v) is 2.91. The molecule has 0 fully saturated rings. The number of methoxy groups -OCH3 is 1. The lowest BCUT2D eigenvalue weighted by molar-refractivity contribution is 0.373. The van der Waals surface area contributed by atoms with Crippen molar-refractivity contribution >= 4 is 11.0 Å². The van der Waals surface area contributed by atoms with Gasteiger partial charge in [0.1, 0.15) is 17.1 Å². The molecule has 0 bridgehead atoms. The molecule has 2 N–H and O–H groups in total. The maximum absolute atomic E-state index is 12.6. The number of hydrogen-bond donors (Lipinski definition) is 2. The molecule has 0 aliphatic heterocycles. The largest absolute Gasteiger partial charge is 0.508 e. The van der Waals surface area contributed by atoms with Crippen molar-refractivity contribution in [3.63, 3.8) is 0 Å². The molecule has 3 aromatic rings. The van der Waals surface area contributed by atoms with E-state index in [1.807, 2.05) is 0 Å². The Kier molecular flexibility index (Phi) is 4.89. The van der Waals surface area contributed by atoms with E-state index in [1.54, 1.807) is 18.2 Å². The number of ether oxygens (including phenoxy) is 1. The highest BCUT2D eigenvalue weighted by Crippen LogP contribution is 2.34. The minimum absolute atomic E-state index is 0.00894. The normalized spacial score (nSPS) is 11.2. The summed E-state index contributed by atoms with van der Waals surface area (Å²) in [6, 6.07) is 9.28. The third-order valence-electron chi connectivity index (χ3n) is 4.41. The highest BCUT2D eigenvalue weighted by molar-refractivity contribution is 5.83. The van der Waals surface area contributed by atoms with Gasteiger partial charge in [0.2, 0.25) is 0 Å². The molecule has 0 unspecified atom stereocenters. The second-order valence-corrected chi connectivity index (χ2v) is 6.73. The molecule has 0 amide bonds. The summed E-state index contributed by atoms with van der Waals surface area (Å²) in [5.41, 5.74) is 1.47. The number of phenols is 2. The first kappa shape index (κ1) is 17.9. The van der Waals surface area contributed by atoms with Gasteiger partial charge in [-0.05, 0) is 49.1 Å². The average Bonchev–Trinajstić information content (AvgIpc) is 2.60. The van der Waals surface area contributed by atoms with E-state index in [0.29, 0.717) is 45.9 Å². The molecule has 1 heterocycles. The van der Waals surface area contributed by atoms with E-state index in [0.717, 1.165) is 6.42 Å². The Hall–Kier alpha value is -2.95. The van der Waals surface area contributed by atoms with Crippen LogP contribution in [0.4, 0.5) is 0 Å². The minimum Gasteiger partial charge on any atom is -0.508 e. The summed E-state index contributed by atoms with van der Waals surface area (Å²) in [7, 11) is 1.46. The van der Waals surface area contributed by atoms with E-state index < -0.39 is 0 Å². The van der Waals surface area contributed by atoms with Gasteiger partial charge in [-0.2, -0.15) is 0 Å². The highest BCUT2D eigenvalue weighted by Gasteiger charge is 2.15. The van der Waals surface area contributed by atoms with E-state index in [2.05, 4.69) is 13.8 Å². The Morgan fingerprint density at radius 1 is 1.08 bits per heavy atom. The van der Waals surface area contributed by atoms with Crippen LogP contribution in [0.15, 0.2) is 45.6 Å². The van der Waals surface area contributed by atoms with Crippen LogP contribution < -0.4 is 10.2 Å². The summed E-state index contributed by atoms with van der Waals surface area (Å²) in [6.07, 6.45) is 1.49. The van der Waals surface area contributed by atoms with Crippen molar-refractivity contribution in [2.75, 3.05) is 7.11 Å². The van der Waals surface area contributed by atoms with E-state index in [1.165, 1.54) is 25.3 Å². The number of aromatic hydroxyl groups is 2. The second kappa shape index (κ2) is 7.12. The van der Waals surface area contributed by atoms with Gasteiger partial charge in [-0.3, -0.25) is 4.79 Å². The molecular weight excluding hydrogens is 332 g/mol. The van der Waals surface area contributed by atoms with Crippen molar-refractivity contribution in [1.29, 1.82) is 0 Å². The molecule has 0 aliphatic rings. The number of rotatable bonds is 5. The number of fused-ring (bicyclic) bond motifs is 1. The van der Waals surface area contributed by atoms with Crippen molar-refractivity contribution in [3.8, 4) is 28.6 Å². The van der Waals surface area contributed by atoms with Crippen LogP contribution in [-0.4, -0.2) is 17.3 Å². The zero-order valence-corrected chi connectivity index (χ0v) is 15.1. The third kappa shape index (κ3) is 3.38. The Morgan fingerprint density at radius 3 is 2.50 bits per heavy atom. The van der Waals surface area contributed by atoms with Crippen molar-refractivity contribution < 1.29 is 19.4 Å². The van der Waals surface area contributed by atoms with Crippen molar-refractivity contribution in [1.82, 2.24) is 0 Å². The molecule has 2 aromatic carbocycles. The van der Waals surface area contributed by atoms with Gasteiger partial charge in [0.15, 0.2) is 16.9 Å². The van der Waals surface area contributed by atoms with Crippen LogP contribution in [0.3, 0.4) is 0 Å². The summed E-state index contributed by atoms with van der Waals surface area (Å²) in [5.74, 6) is 1.25. The molecule has 5 heteroatoms. The molecule has 1 aromatic heterocycles. The van der Waals surface area contributed by atoms with Gasteiger partial charge in [-0.1, -0.05) is 13.8 Å². The zero-order chi connectivity index (χ0) is 18.8. The zero-order valence-electron chi connectivity index (χ0n) is 15.1. The van der Waals surface area contributed by atoms with Crippen LogP contribution in [0.2, 0.25) is 0 Å². The SMILES string of the molecule is COc1cc(-c2cc(=O)c3ccc(O)c(CCC(C)C)c3o2)ccc1O. The van der Waals surface area contributed by atoms with Crippen LogP contribution in [0.1, 0.15) is 25.8 Å². The highest BCUT2D eigenvalue weighted by atomic mass is 16.5. The number of hydrogen-bond acceptors (Lipinski definition) is 5. The molecule has 136 valence electrons. The van der Waals surface area contributed by atoms with Crippen molar-refractivity contribution in [2.24, 2.45) is 5.92 Å². The fourth-order valence-electron chi connectivity index (χ4n) is 2.91. The van der Waals surface area contributed by atoms with Crippen LogP contribution >= 0.6 is 0 Å². The first-order chi connectivity index (χ1) is 12.4. The van der Waals surface area contributed by atoms with E-state index in [4.69, 9.17) is 9.15 Å².